The quantitative estimate of drug-likeness (QED) is 0.395. The zero-order chi connectivity index (χ0) is 20.9. The Kier molecular flexibility index (Phi) is 5.99. The van der Waals surface area contributed by atoms with Crippen LogP contribution in [0.5, 0.6) is 5.75 Å². The Hall–Kier alpha value is -3.32. The number of ether oxygens (including phenoxy) is 1. The smallest absolute Gasteiger partial charge is 0.292 e. The molecule has 0 aliphatic rings. The second kappa shape index (κ2) is 9.00. The molecule has 0 bridgehead atoms. The number of nitrogens with one attached hydrogen (secondary N) is 1. The number of aryl methyl sites for hydroxylation is 1. The summed E-state index contributed by atoms with van der Waals surface area (Å²) in [6.07, 6.45) is 1.83. The Morgan fingerprint density at radius 3 is 2.70 bits per heavy atom. The number of furan rings is 1. The maximum absolute atomic E-state index is 12.5. The largest absolute Gasteiger partial charge is 0.484 e. The number of aromatic nitrogens is 2. The predicted octanol–water partition coefficient (Wildman–Crippen LogP) is 5.43. The van der Waals surface area contributed by atoms with Gasteiger partial charge in [0.05, 0.1) is 11.0 Å². The van der Waals surface area contributed by atoms with E-state index in [0.29, 0.717) is 23.9 Å². The summed E-state index contributed by atoms with van der Waals surface area (Å²) in [5.41, 5.74) is 2.36. The van der Waals surface area contributed by atoms with E-state index < -0.39 is 0 Å². The predicted molar refractivity (Wildman–Crippen MR) is 118 cm³/mol. The molecule has 2 aromatic carbocycles. The monoisotopic (exact) mass is 465 g/mol. The lowest BCUT2D eigenvalue weighted by Crippen LogP contribution is -2.12. The summed E-state index contributed by atoms with van der Waals surface area (Å²) in [6.45, 7) is 2.91. The van der Waals surface area contributed by atoms with Gasteiger partial charge in [0, 0.05) is 12.3 Å². The van der Waals surface area contributed by atoms with Crippen molar-refractivity contribution in [1.29, 1.82) is 0 Å². The Balaban J connectivity index is 1.34. The maximum Gasteiger partial charge on any atom is 0.292 e. The van der Waals surface area contributed by atoms with Crippen molar-refractivity contribution >= 4 is 27.7 Å². The lowest BCUT2D eigenvalue weighted by Gasteiger charge is -2.05. The summed E-state index contributed by atoms with van der Waals surface area (Å²) in [7, 11) is 0. The summed E-state index contributed by atoms with van der Waals surface area (Å²) in [5, 5.41) is 7.16. The Morgan fingerprint density at radius 2 is 1.90 bits per heavy atom. The number of hydrogen-bond donors (Lipinski definition) is 1. The first-order valence-corrected chi connectivity index (χ1v) is 10.2. The summed E-state index contributed by atoms with van der Waals surface area (Å²) >= 11 is 3.43. The van der Waals surface area contributed by atoms with Crippen LogP contribution in [0.3, 0.4) is 0 Å². The second-order valence-corrected chi connectivity index (χ2v) is 7.68. The van der Waals surface area contributed by atoms with E-state index in [1.165, 1.54) is 5.56 Å². The van der Waals surface area contributed by atoms with Gasteiger partial charge in [-0.2, -0.15) is 5.10 Å². The number of carbonyl (C=O) groups is 1. The van der Waals surface area contributed by atoms with Crippen LogP contribution in [0.15, 0.2) is 81.8 Å². The van der Waals surface area contributed by atoms with Crippen LogP contribution in [0.1, 0.15) is 27.4 Å². The number of carbonyl (C=O) groups excluding carboxylic acids is 1. The Labute approximate surface area is 182 Å². The van der Waals surface area contributed by atoms with Crippen molar-refractivity contribution in [2.24, 2.45) is 0 Å². The van der Waals surface area contributed by atoms with Crippen LogP contribution in [0, 0.1) is 6.92 Å². The first-order valence-electron chi connectivity index (χ1n) is 9.43. The van der Waals surface area contributed by atoms with Gasteiger partial charge in [-0.05, 0) is 52.7 Å². The molecule has 0 aliphatic heterocycles. The van der Waals surface area contributed by atoms with Crippen molar-refractivity contribution < 1.29 is 13.9 Å². The molecule has 1 amide bonds. The van der Waals surface area contributed by atoms with E-state index in [1.807, 2.05) is 30.5 Å². The molecule has 0 fully saturated rings. The molecule has 2 aromatic heterocycles. The summed E-state index contributed by atoms with van der Waals surface area (Å²) < 4.78 is 14.0. The highest BCUT2D eigenvalue weighted by molar-refractivity contribution is 9.10. The first-order chi connectivity index (χ1) is 14.6. The number of anilines is 1. The van der Waals surface area contributed by atoms with Crippen molar-refractivity contribution in [3.05, 3.63) is 100 Å². The minimum absolute atomic E-state index is 0.203. The highest BCUT2D eigenvalue weighted by Crippen LogP contribution is 2.25. The molecule has 30 heavy (non-hydrogen) atoms. The van der Waals surface area contributed by atoms with Crippen LogP contribution < -0.4 is 10.1 Å². The standard InChI is InChI=1S/C23H20BrN3O3/c1-16-6-8-17(9-7-16)14-27-13-12-22(26-27)25-23(28)21-11-10-18(30-21)15-29-20-5-3-2-4-19(20)24/h2-13H,14-15H2,1H3,(H,25,26,28). The number of benzene rings is 2. The van der Waals surface area contributed by atoms with Crippen LogP contribution in [0.25, 0.3) is 0 Å². The van der Waals surface area contributed by atoms with Crippen LogP contribution in [-0.4, -0.2) is 15.7 Å². The third kappa shape index (κ3) is 4.99. The van der Waals surface area contributed by atoms with Gasteiger partial charge in [-0.25, -0.2) is 0 Å². The second-order valence-electron chi connectivity index (χ2n) is 6.82. The van der Waals surface area contributed by atoms with Gasteiger partial charge in [0.15, 0.2) is 11.6 Å². The topological polar surface area (TPSA) is 69.3 Å². The van der Waals surface area contributed by atoms with Gasteiger partial charge in [0.25, 0.3) is 5.91 Å². The van der Waals surface area contributed by atoms with Crippen molar-refractivity contribution in [3.8, 4) is 5.75 Å². The highest BCUT2D eigenvalue weighted by Gasteiger charge is 2.13. The van der Waals surface area contributed by atoms with E-state index in [0.717, 1.165) is 10.0 Å². The van der Waals surface area contributed by atoms with Crippen LogP contribution in [0.4, 0.5) is 5.82 Å². The molecule has 0 unspecified atom stereocenters. The minimum atomic E-state index is -0.359. The van der Waals surface area contributed by atoms with Crippen LogP contribution in [0.2, 0.25) is 0 Å². The zero-order valence-electron chi connectivity index (χ0n) is 16.3. The number of hydrogen-bond acceptors (Lipinski definition) is 4. The number of amides is 1. The van der Waals surface area contributed by atoms with Crippen LogP contribution >= 0.6 is 15.9 Å². The normalized spacial score (nSPS) is 10.7. The number of nitrogens with zero attached hydrogens (tertiary/aromatic N) is 2. The zero-order valence-corrected chi connectivity index (χ0v) is 17.9. The molecule has 0 radical (unpaired) electrons. The molecule has 1 N–H and O–H groups in total. The number of halogens is 1. The molecule has 0 aliphatic carbocycles. The van der Waals surface area contributed by atoms with Crippen molar-refractivity contribution in [1.82, 2.24) is 9.78 Å². The molecule has 0 atom stereocenters. The molecular weight excluding hydrogens is 446 g/mol. The van der Waals surface area contributed by atoms with Crippen molar-refractivity contribution in [2.45, 2.75) is 20.1 Å². The SMILES string of the molecule is Cc1ccc(Cn2ccc(NC(=O)c3ccc(COc4ccccc4Br)o3)n2)cc1. The fourth-order valence-corrected chi connectivity index (χ4v) is 3.26. The average molecular weight is 466 g/mol. The molecule has 0 saturated carbocycles. The summed E-state index contributed by atoms with van der Waals surface area (Å²) in [6, 6.07) is 20.9. The van der Waals surface area contributed by atoms with Gasteiger partial charge in [-0.15, -0.1) is 0 Å². The van der Waals surface area contributed by atoms with E-state index in [9.17, 15) is 4.79 Å². The van der Waals surface area contributed by atoms with Gasteiger partial charge in [0.2, 0.25) is 0 Å². The third-order valence-corrected chi connectivity index (χ3v) is 5.09. The van der Waals surface area contributed by atoms with E-state index in [1.54, 1.807) is 22.9 Å². The summed E-state index contributed by atoms with van der Waals surface area (Å²) in [5.74, 6) is 1.57. The van der Waals surface area contributed by atoms with E-state index >= 15 is 0 Å². The lowest BCUT2D eigenvalue weighted by atomic mass is 10.1. The summed E-state index contributed by atoms with van der Waals surface area (Å²) in [4.78, 5) is 12.5. The molecule has 7 heteroatoms. The van der Waals surface area contributed by atoms with E-state index in [-0.39, 0.29) is 18.3 Å². The highest BCUT2D eigenvalue weighted by atomic mass is 79.9. The molecule has 6 nitrogen and oxygen atoms in total. The molecule has 0 saturated heterocycles. The minimum Gasteiger partial charge on any atom is -0.484 e. The number of para-hydroxylation sites is 1. The van der Waals surface area contributed by atoms with Crippen molar-refractivity contribution in [2.75, 3.05) is 5.32 Å². The fraction of sp³-hybridized carbons (Fsp3) is 0.130. The van der Waals surface area contributed by atoms with Gasteiger partial charge in [-0.3, -0.25) is 9.48 Å². The first kappa shape index (κ1) is 20.0. The van der Waals surface area contributed by atoms with E-state index in [4.69, 9.17) is 9.15 Å². The molecule has 4 aromatic rings. The maximum atomic E-state index is 12.5. The van der Waals surface area contributed by atoms with Crippen molar-refractivity contribution in [3.63, 3.8) is 0 Å². The lowest BCUT2D eigenvalue weighted by molar-refractivity contribution is 0.0992. The van der Waals surface area contributed by atoms with Gasteiger partial charge in [-0.1, -0.05) is 42.0 Å². The Bertz CT molecular complexity index is 1150. The molecule has 0 spiro atoms. The van der Waals surface area contributed by atoms with Gasteiger partial charge < -0.3 is 14.5 Å². The third-order valence-electron chi connectivity index (χ3n) is 4.44. The van der Waals surface area contributed by atoms with E-state index in [2.05, 4.69) is 57.5 Å². The molecule has 2 heterocycles. The van der Waals surface area contributed by atoms with Crippen LogP contribution in [-0.2, 0) is 13.2 Å². The molecule has 4 rings (SSSR count). The molecule has 152 valence electrons. The van der Waals surface area contributed by atoms with Gasteiger partial charge in [0.1, 0.15) is 18.1 Å². The Morgan fingerprint density at radius 1 is 1.10 bits per heavy atom. The van der Waals surface area contributed by atoms with Gasteiger partial charge >= 0.3 is 0 Å². The fourth-order valence-electron chi connectivity index (χ4n) is 2.86. The number of rotatable bonds is 7. The molecular formula is C23H20BrN3O3. The average Bonchev–Trinajstić information content (AvgIpc) is 3.39.